The van der Waals surface area contributed by atoms with Crippen LogP contribution in [0.25, 0.3) is 83.9 Å². The third-order valence-corrected chi connectivity index (χ3v) is 16.4. The number of aromatic hydroxyl groups is 1. The topological polar surface area (TPSA) is 50.9 Å². The molecule has 1 N–H and O–H groups in total. The summed E-state index contributed by atoms with van der Waals surface area (Å²) in [5.74, 6) is 0.853. The Kier molecular flexibility index (Phi) is 13.4. The number of phenols is 1. The van der Waals surface area contributed by atoms with Crippen molar-refractivity contribution in [1.82, 2.24) is 14.5 Å². The van der Waals surface area contributed by atoms with Gasteiger partial charge in [0.05, 0.1) is 30.4 Å². The van der Waals surface area contributed by atoms with Crippen molar-refractivity contribution in [2.45, 2.75) is 131 Å². The smallest absolute Gasteiger partial charge is 0.148 e. The Morgan fingerprint density at radius 3 is 1.80 bits per heavy atom. The van der Waals surface area contributed by atoms with Crippen LogP contribution in [0.15, 0.2) is 152 Å². The number of rotatable bonds is 8. The van der Waals surface area contributed by atoms with Crippen LogP contribution in [-0.2, 0) is 42.7 Å². The molecule has 0 aliphatic carbocycles. The van der Waals surface area contributed by atoms with Gasteiger partial charge in [-0.3, -0.25) is 9.55 Å². The molecule has 382 valence electrons. The van der Waals surface area contributed by atoms with Crippen LogP contribution in [0.2, 0.25) is 19.6 Å². The Hall–Kier alpha value is -6.13. The Labute approximate surface area is 461 Å². The maximum Gasteiger partial charge on any atom is 0.148 e. The van der Waals surface area contributed by atoms with Crippen LogP contribution in [-0.4, -0.2) is 27.7 Å². The molecule has 0 aliphatic heterocycles. The summed E-state index contributed by atoms with van der Waals surface area (Å²) in [5.41, 5.74) is 15.4. The molecule has 0 saturated carbocycles. The number of aromatic nitrogens is 3. The van der Waals surface area contributed by atoms with Crippen molar-refractivity contribution in [1.29, 1.82) is 0 Å². The van der Waals surface area contributed by atoms with Crippen molar-refractivity contribution in [3.05, 3.63) is 186 Å². The van der Waals surface area contributed by atoms with E-state index < -0.39 is 14.9 Å². The van der Waals surface area contributed by atoms with E-state index in [9.17, 15) is 5.11 Å². The molecule has 0 aliphatic rings. The molecular weight excluding hydrogens is 1100 g/mol. The Balaban J connectivity index is 0.00000784. The fourth-order valence-electron chi connectivity index (χ4n) is 9.77. The molecule has 2 aromatic heterocycles. The average Bonchev–Trinajstić information content (AvgIpc) is 3.80. The van der Waals surface area contributed by atoms with E-state index in [0.29, 0.717) is 28.2 Å². The predicted octanol–water partition coefficient (Wildman–Crippen LogP) is 18.0. The molecule has 9 rings (SSSR count). The van der Waals surface area contributed by atoms with E-state index in [1.807, 2.05) is 36.4 Å². The second-order valence-corrected chi connectivity index (χ2v) is 30.3. The minimum absolute atomic E-state index is 0. The van der Waals surface area contributed by atoms with Crippen LogP contribution in [0.1, 0.15) is 115 Å². The fourth-order valence-corrected chi connectivity index (χ4v) is 10.9. The van der Waals surface area contributed by atoms with Crippen molar-refractivity contribution in [2.75, 3.05) is 0 Å². The van der Waals surface area contributed by atoms with Gasteiger partial charge in [-0.2, -0.15) is 0 Å². The second kappa shape index (κ2) is 19.9. The zero-order valence-corrected chi connectivity index (χ0v) is 49.3. The zero-order chi connectivity index (χ0) is 55.1. The monoisotopic (exact) mass is 1170 g/mol. The Morgan fingerprint density at radius 2 is 1.16 bits per heavy atom. The summed E-state index contributed by atoms with van der Waals surface area (Å²) < 4.78 is 28.5. The predicted molar refractivity (Wildman–Crippen MR) is 314 cm³/mol. The van der Waals surface area contributed by atoms with Crippen molar-refractivity contribution < 1.29 is 30.3 Å². The number of hydrogen-bond acceptors (Lipinski definition) is 3. The van der Waals surface area contributed by atoms with Gasteiger partial charge in [0.15, 0.2) is 0 Å². The number of aryl methyl sites for hydroxylation is 1. The Morgan fingerprint density at radius 1 is 0.527 bits per heavy atom. The van der Waals surface area contributed by atoms with Crippen LogP contribution in [0, 0.1) is 12.9 Å². The van der Waals surface area contributed by atoms with Crippen LogP contribution in [0.5, 0.6) is 5.75 Å². The third-order valence-electron chi connectivity index (χ3n) is 14.4. The van der Waals surface area contributed by atoms with Gasteiger partial charge >= 0.3 is 0 Å². The number of nitrogens with zero attached hydrogens (tertiary/aromatic N) is 3. The van der Waals surface area contributed by atoms with Gasteiger partial charge in [0.1, 0.15) is 11.6 Å². The third kappa shape index (κ3) is 10.8. The van der Waals surface area contributed by atoms with E-state index in [1.165, 1.54) is 10.8 Å². The van der Waals surface area contributed by atoms with Gasteiger partial charge in [0.2, 0.25) is 0 Å². The first-order valence-electron chi connectivity index (χ1n) is 27.3. The molecule has 0 saturated heterocycles. The number of hydrogen-bond donors (Lipinski definition) is 1. The maximum atomic E-state index is 12.6. The summed E-state index contributed by atoms with van der Waals surface area (Å²) in [6.07, 6.45) is 1.77. The van der Waals surface area contributed by atoms with E-state index in [2.05, 4.69) is 223 Å². The summed E-state index contributed by atoms with van der Waals surface area (Å²) >= 11 is 0. The number of pyridine rings is 1. The van der Waals surface area contributed by atoms with Gasteiger partial charge in [0.25, 0.3) is 0 Å². The van der Waals surface area contributed by atoms with Crippen LogP contribution in [0.3, 0.4) is 0 Å². The molecule has 74 heavy (non-hydrogen) atoms. The van der Waals surface area contributed by atoms with Crippen LogP contribution >= 0.6 is 0 Å². The van der Waals surface area contributed by atoms with Gasteiger partial charge in [-0.1, -0.05) is 222 Å². The molecule has 0 radical (unpaired) electrons. The molecule has 0 fully saturated rings. The summed E-state index contributed by atoms with van der Waals surface area (Å²) in [6, 6.07) is 54.4. The SMILES string of the molecule is [2H]C([2H])([2H])c1cc(-c2ccc([Si](C)(C)C)cc2)ccc1-c1ccnc(-c2[c-]c(-c3cccc4c3nc(-c3cc(C(C)(C)C)cc(C(C)(C)C)c3O)n4-c3ccc(C(C)(C)C)cc3-c3ccccc3)cc(C(C)(C)C)c2)c1.[Pt]. The zero-order valence-electron chi connectivity index (χ0n) is 49.0. The fraction of sp³-hybridized carbons (Fsp3) is 0.294. The molecule has 9 aromatic rings. The summed E-state index contributed by atoms with van der Waals surface area (Å²) in [6.45, 7) is 31.1. The second-order valence-electron chi connectivity index (χ2n) is 25.2. The van der Waals surface area contributed by atoms with Gasteiger partial charge in [-0.05, 0) is 103 Å². The first-order valence-corrected chi connectivity index (χ1v) is 29.3. The molecular formula is C68H74N3OPtSi-. The van der Waals surface area contributed by atoms with Gasteiger partial charge in [-0.25, -0.2) is 4.98 Å². The molecule has 0 spiro atoms. The standard InChI is InChI=1S/C68H74N3OSi.Pt/c1-43-35-46(44-25-29-53(30-26-44)73(14,15)16)27-31-54(43)47-33-34-69-59(39-47)49-36-48(37-51(38-49)66(5,6)7)55-23-20-24-61-62(55)70-64(57-41-52(67(8,9)10)42-58(63(57)72)68(11,12)13)71(61)60-32-28-50(65(2,3)4)40-56(60)45-21-18-17-19-22-45;/h17-35,37-42,72H,1-16H3;/q-1;/i1D3;. The molecule has 4 nitrogen and oxygen atoms in total. The maximum absolute atomic E-state index is 12.6. The van der Waals surface area contributed by atoms with Crippen molar-refractivity contribution in [3.63, 3.8) is 0 Å². The van der Waals surface area contributed by atoms with E-state index in [0.717, 1.165) is 77.9 Å². The normalized spacial score (nSPS) is 13.3. The van der Waals surface area contributed by atoms with E-state index in [4.69, 9.17) is 14.1 Å². The number of fused-ring (bicyclic) bond motifs is 1. The number of phenolic OH excluding ortho intramolecular Hbond substituents is 1. The summed E-state index contributed by atoms with van der Waals surface area (Å²) in [7, 11) is -1.51. The molecule has 0 unspecified atom stereocenters. The van der Waals surface area contributed by atoms with E-state index >= 15 is 0 Å². The van der Waals surface area contributed by atoms with Gasteiger partial charge in [0, 0.05) is 48.2 Å². The molecule has 0 atom stereocenters. The summed E-state index contributed by atoms with van der Waals surface area (Å²) in [5, 5.41) is 14.0. The van der Waals surface area contributed by atoms with Gasteiger partial charge in [-0.15, -0.1) is 29.3 Å². The van der Waals surface area contributed by atoms with Crippen LogP contribution in [0.4, 0.5) is 0 Å². The molecule has 0 amide bonds. The minimum atomic E-state index is -2.37. The first-order chi connectivity index (χ1) is 35.4. The molecule has 6 heteroatoms. The molecule has 7 aromatic carbocycles. The summed E-state index contributed by atoms with van der Waals surface area (Å²) in [4.78, 5) is 10.6. The largest absolute Gasteiger partial charge is 0.507 e. The Bertz CT molecular complexity index is 3650. The number of para-hydroxylation sites is 1. The van der Waals surface area contributed by atoms with Crippen molar-refractivity contribution in [2.24, 2.45) is 0 Å². The molecule has 2 heterocycles. The van der Waals surface area contributed by atoms with E-state index in [1.54, 1.807) is 6.20 Å². The first kappa shape index (κ1) is 50.0. The number of benzene rings is 7. The van der Waals surface area contributed by atoms with E-state index in [-0.39, 0.29) is 48.5 Å². The minimum Gasteiger partial charge on any atom is -0.507 e. The van der Waals surface area contributed by atoms with Crippen LogP contribution < -0.4 is 5.19 Å². The molecule has 0 bridgehead atoms. The van der Waals surface area contributed by atoms with Crippen molar-refractivity contribution in [3.8, 4) is 78.6 Å². The van der Waals surface area contributed by atoms with Crippen molar-refractivity contribution >= 4 is 24.3 Å². The number of imidazole rings is 1. The average molecular weight is 1180 g/mol. The van der Waals surface area contributed by atoms with Gasteiger partial charge < -0.3 is 5.11 Å². The quantitative estimate of drug-likeness (QED) is 0.122.